The number of rotatable bonds is 5. The fourth-order valence-corrected chi connectivity index (χ4v) is 3.63. The molecular formula is C15H18N2O4S. The second-order valence-corrected chi connectivity index (χ2v) is 6.56. The number of carbonyl (C=O) groups excluding carboxylic acids is 1. The summed E-state index contributed by atoms with van der Waals surface area (Å²) in [6, 6.07) is 3.76. The molecule has 7 heteroatoms. The Kier molecular flexibility index (Phi) is 4.28. The number of aryl methyl sites for hydroxylation is 1. The number of hydrogen-bond acceptors (Lipinski definition) is 6. The van der Waals surface area contributed by atoms with Gasteiger partial charge in [-0.1, -0.05) is 11.2 Å². The van der Waals surface area contributed by atoms with Crippen LogP contribution in [0.15, 0.2) is 22.0 Å². The van der Waals surface area contributed by atoms with Crippen LogP contribution in [0.5, 0.6) is 0 Å². The van der Waals surface area contributed by atoms with Gasteiger partial charge in [0.05, 0.1) is 24.3 Å². The van der Waals surface area contributed by atoms with Gasteiger partial charge in [-0.3, -0.25) is 4.79 Å². The van der Waals surface area contributed by atoms with Crippen molar-refractivity contribution in [2.24, 2.45) is 5.92 Å². The van der Waals surface area contributed by atoms with E-state index < -0.39 is 0 Å². The summed E-state index contributed by atoms with van der Waals surface area (Å²) < 4.78 is 4.99. The van der Waals surface area contributed by atoms with Crippen LogP contribution >= 0.6 is 11.3 Å². The second-order valence-electron chi connectivity index (χ2n) is 5.58. The molecule has 2 heterocycles. The van der Waals surface area contributed by atoms with E-state index in [0.29, 0.717) is 24.2 Å². The summed E-state index contributed by atoms with van der Waals surface area (Å²) in [6.45, 7) is 1.37. The molecule has 2 aromatic rings. The van der Waals surface area contributed by atoms with Crippen LogP contribution in [-0.4, -0.2) is 27.4 Å². The molecule has 0 spiro atoms. The van der Waals surface area contributed by atoms with Crippen LogP contribution < -0.4 is 5.32 Å². The number of aliphatic hydroxyl groups is 2. The maximum Gasteiger partial charge on any atom is 0.274 e. The highest BCUT2D eigenvalue weighted by molar-refractivity contribution is 7.10. The molecule has 1 atom stereocenters. The van der Waals surface area contributed by atoms with Crippen LogP contribution in [0.2, 0.25) is 0 Å². The Morgan fingerprint density at radius 1 is 1.59 bits per heavy atom. The normalized spacial score (nSPS) is 22.1. The molecule has 1 fully saturated rings. The van der Waals surface area contributed by atoms with E-state index in [1.807, 2.05) is 17.5 Å². The van der Waals surface area contributed by atoms with E-state index in [1.54, 1.807) is 18.3 Å². The highest BCUT2D eigenvalue weighted by Gasteiger charge is 2.37. The molecule has 0 aromatic carbocycles. The Morgan fingerprint density at radius 2 is 2.36 bits per heavy atom. The fraction of sp³-hybridized carbons (Fsp3) is 0.467. The molecule has 6 nitrogen and oxygen atoms in total. The molecule has 0 bridgehead atoms. The van der Waals surface area contributed by atoms with E-state index >= 15 is 0 Å². The third kappa shape index (κ3) is 2.79. The third-order valence-electron chi connectivity index (χ3n) is 4.12. The summed E-state index contributed by atoms with van der Waals surface area (Å²) in [5.41, 5.74) is 0.539. The molecule has 22 heavy (non-hydrogen) atoms. The lowest BCUT2D eigenvalue weighted by molar-refractivity contribution is 0.0240. The Hall–Kier alpha value is -1.70. The number of nitrogens with zero attached hydrogens (tertiary/aromatic N) is 1. The highest BCUT2D eigenvalue weighted by Crippen LogP contribution is 2.39. The van der Waals surface area contributed by atoms with Crippen LogP contribution in [-0.2, 0) is 6.61 Å². The first kappa shape index (κ1) is 15.2. The topological polar surface area (TPSA) is 95.6 Å². The van der Waals surface area contributed by atoms with Crippen molar-refractivity contribution >= 4 is 17.2 Å². The Bertz CT molecular complexity index is 647. The molecule has 0 radical (unpaired) electrons. The first-order valence-electron chi connectivity index (χ1n) is 7.18. The second kappa shape index (κ2) is 6.20. The summed E-state index contributed by atoms with van der Waals surface area (Å²) in [6.07, 6.45) is 1.06. The summed E-state index contributed by atoms with van der Waals surface area (Å²) in [7, 11) is 0. The molecule has 1 unspecified atom stereocenters. The number of hydrogen-bond donors (Lipinski definition) is 3. The van der Waals surface area contributed by atoms with Crippen LogP contribution in [0.4, 0.5) is 0 Å². The van der Waals surface area contributed by atoms with Gasteiger partial charge in [0.2, 0.25) is 0 Å². The molecule has 1 aliphatic rings. The molecule has 0 aliphatic heterocycles. The Morgan fingerprint density at radius 3 is 2.95 bits per heavy atom. The minimum Gasteiger partial charge on any atom is -0.393 e. The van der Waals surface area contributed by atoms with Crippen molar-refractivity contribution in [2.45, 2.75) is 38.5 Å². The van der Waals surface area contributed by atoms with Crippen LogP contribution in [0.3, 0.4) is 0 Å². The lowest BCUT2D eigenvalue weighted by Gasteiger charge is -2.37. The molecule has 1 aliphatic carbocycles. The number of aromatic nitrogens is 1. The largest absolute Gasteiger partial charge is 0.393 e. The fourth-order valence-electron chi connectivity index (χ4n) is 2.76. The average molecular weight is 322 g/mol. The summed E-state index contributed by atoms with van der Waals surface area (Å²) in [5, 5.41) is 27.6. The van der Waals surface area contributed by atoms with Crippen molar-refractivity contribution in [2.75, 3.05) is 0 Å². The number of thiophene rings is 1. The lowest BCUT2D eigenvalue weighted by atomic mass is 9.76. The maximum atomic E-state index is 12.5. The molecule has 3 N–H and O–H groups in total. The zero-order valence-electron chi connectivity index (χ0n) is 12.2. The lowest BCUT2D eigenvalue weighted by Crippen LogP contribution is -2.41. The van der Waals surface area contributed by atoms with Crippen molar-refractivity contribution < 1.29 is 19.5 Å². The van der Waals surface area contributed by atoms with Crippen LogP contribution in [0.1, 0.15) is 45.6 Å². The third-order valence-corrected chi connectivity index (χ3v) is 5.07. The number of nitrogens with one attached hydrogen (secondary N) is 1. The van der Waals surface area contributed by atoms with Gasteiger partial charge in [-0.05, 0) is 37.1 Å². The molecule has 118 valence electrons. The summed E-state index contributed by atoms with van der Waals surface area (Å²) >= 11 is 1.57. The van der Waals surface area contributed by atoms with Gasteiger partial charge in [0.15, 0.2) is 5.69 Å². The number of aliphatic hydroxyl groups excluding tert-OH is 2. The first-order valence-corrected chi connectivity index (χ1v) is 8.06. The van der Waals surface area contributed by atoms with E-state index in [2.05, 4.69) is 10.5 Å². The monoisotopic (exact) mass is 322 g/mol. The van der Waals surface area contributed by atoms with Crippen LogP contribution in [0, 0.1) is 12.8 Å². The van der Waals surface area contributed by atoms with Gasteiger partial charge in [0.25, 0.3) is 5.91 Å². The molecule has 1 amide bonds. The van der Waals surface area contributed by atoms with Crippen molar-refractivity contribution in [3.05, 3.63) is 39.4 Å². The highest BCUT2D eigenvalue weighted by atomic mass is 32.1. The number of carbonyl (C=O) groups is 1. The molecular weight excluding hydrogens is 304 g/mol. The average Bonchev–Trinajstić information content (AvgIpc) is 3.10. The molecule has 3 rings (SSSR count). The van der Waals surface area contributed by atoms with Gasteiger partial charge in [0, 0.05) is 4.88 Å². The van der Waals surface area contributed by atoms with Crippen molar-refractivity contribution in [3.8, 4) is 0 Å². The van der Waals surface area contributed by atoms with Gasteiger partial charge in [-0.2, -0.15) is 0 Å². The molecule has 2 aromatic heterocycles. The summed E-state index contributed by atoms with van der Waals surface area (Å²) in [5.74, 6) is 0.295. The van der Waals surface area contributed by atoms with E-state index in [0.717, 1.165) is 4.88 Å². The number of amides is 1. The van der Waals surface area contributed by atoms with E-state index in [1.165, 1.54) is 0 Å². The van der Waals surface area contributed by atoms with Gasteiger partial charge in [-0.25, -0.2) is 0 Å². The van der Waals surface area contributed by atoms with E-state index in [9.17, 15) is 15.0 Å². The van der Waals surface area contributed by atoms with Crippen LogP contribution in [0.25, 0.3) is 0 Å². The predicted molar refractivity (Wildman–Crippen MR) is 80.4 cm³/mol. The molecule has 1 saturated carbocycles. The van der Waals surface area contributed by atoms with Crippen molar-refractivity contribution in [3.63, 3.8) is 0 Å². The van der Waals surface area contributed by atoms with E-state index in [4.69, 9.17) is 4.52 Å². The first-order chi connectivity index (χ1) is 10.6. The maximum absolute atomic E-state index is 12.5. The zero-order valence-corrected chi connectivity index (χ0v) is 13.0. The predicted octanol–water partition coefficient (Wildman–Crippen LogP) is 1.78. The molecule has 0 saturated heterocycles. The quantitative estimate of drug-likeness (QED) is 0.780. The minimum absolute atomic E-state index is 0.126. The van der Waals surface area contributed by atoms with Gasteiger partial charge >= 0.3 is 0 Å². The zero-order chi connectivity index (χ0) is 15.7. The standard InChI is InChI=1S/C15H18N2O4S/c1-8-11(7-18)14(17-21-8)15(20)16-13(9-5-10(19)6-9)12-3-2-4-22-12/h2-4,9-10,13,18-19H,5-7H2,1H3,(H,16,20). The van der Waals surface area contributed by atoms with E-state index in [-0.39, 0.29) is 36.3 Å². The van der Waals surface area contributed by atoms with Gasteiger partial charge in [0.1, 0.15) is 5.76 Å². The smallest absolute Gasteiger partial charge is 0.274 e. The minimum atomic E-state index is -0.360. The van der Waals surface area contributed by atoms with Crippen molar-refractivity contribution in [1.82, 2.24) is 10.5 Å². The SMILES string of the molecule is Cc1onc(C(=O)NC(c2cccs2)C2CC(O)C2)c1CO. The summed E-state index contributed by atoms with van der Waals surface area (Å²) in [4.78, 5) is 13.5. The Labute approximate surface area is 131 Å². The van der Waals surface area contributed by atoms with Gasteiger partial charge in [-0.15, -0.1) is 11.3 Å². The van der Waals surface area contributed by atoms with Gasteiger partial charge < -0.3 is 20.1 Å². The van der Waals surface area contributed by atoms with Crippen molar-refractivity contribution in [1.29, 1.82) is 0 Å². The Balaban J connectivity index is 1.79.